The van der Waals surface area contributed by atoms with Gasteiger partial charge in [-0.15, -0.1) is 0 Å². The lowest BCUT2D eigenvalue weighted by Crippen LogP contribution is -2.36. The van der Waals surface area contributed by atoms with E-state index in [1.807, 2.05) is 36.7 Å². The van der Waals surface area contributed by atoms with E-state index in [0.717, 1.165) is 55.4 Å². The van der Waals surface area contributed by atoms with Crippen molar-refractivity contribution in [2.24, 2.45) is 4.99 Å². The lowest BCUT2D eigenvalue weighted by Gasteiger charge is -2.29. The maximum atomic E-state index is 12.4. The molecule has 2 aromatic carbocycles. The minimum Gasteiger partial charge on any atom is -0.495 e. The number of methoxy groups -OCH3 is 1. The Hall–Kier alpha value is -3.32. The number of anilines is 2. The number of nitrogens with zero attached hydrogens (tertiary/aromatic N) is 3. The predicted octanol–water partition coefficient (Wildman–Crippen LogP) is 3.10. The van der Waals surface area contributed by atoms with E-state index in [1.165, 1.54) is 5.69 Å². The zero-order valence-corrected chi connectivity index (χ0v) is 18.7. The van der Waals surface area contributed by atoms with Crippen LogP contribution in [0.4, 0.5) is 11.4 Å². The molecule has 1 amide bonds. The summed E-state index contributed by atoms with van der Waals surface area (Å²) in [5.41, 5.74) is 4.12. The average Bonchev–Trinajstić information content (AvgIpc) is 3.28. The van der Waals surface area contributed by atoms with Crippen molar-refractivity contribution < 1.29 is 14.3 Å². The Bertz CT molecular complexity index is 998. The average molecular weight is 435 g/mol. The van der Waals surface area contributed by atoms with Gasteiger partial charge in [0, 0.05) is 37.9 Å². The first kappa shape index (κ1) is 21.9. The van der Waals surface area contributed by atoms with Crippen LogP contribution in [0.5, 0.6) is 5.75 Å². The Morgan fingerprint density at radius 1 is 1.25 bits per heavy atom. The highest BCUT2D eigenvalue weighted by atomic mass is 16.5. The zero-order chi connectivity index (χ0) is 22.3. The minimum atomic E-state index is -0.134. The molecule has 4 rings (SSSR count). The van der Waals surface area contributed by atoms with Gasteiger partial charge in [0.2, 0.25) is 5.91 Å². The molecular weight excluding hydrogens is 404 g/mol. The summed E-state index contributed by atoms with van der Waals surface area (Å²) in [6, 6.07) is 14.5. The van der Waals surface area contributed by atoms with Crippen LogP contribution in [0, 0.1) is 0 Å². The van der Waals surface area contributed by atoms with Gasteiger partial charge in [0.15, 0.2) is 0 Å². The van der Waals surface area contributed by atoms with Crippen LogP contribution in [0.15, 0.2) is 53.5 Å². The molecule has 2 aliphatic heterocycles. The van der Waals surface area contributed by atoms with Gasteiger partial charge in [-0.25, -0.2) is 0 Å². The molecule has 1 fully saturated rings. The fraction of sp³-hybridized carbons (Fsp3) is 0.360. The standard InChI is InChI=1S/C25H30N4O3/c1-19-17-29(18-27-19)23-8-6-20(15-24(23)31-2)7-9-25(30)26-16-21-4-3-5-22(14-21)28-10-12-32-13-11-28/h3-9,14-15,18-19H,10-13,16-17H2,1-2H3,(H,26,30)/b9-7+. The Balaban J connectivity index is 1.34. The van der Waals surface area contributed by atoms with E-state index in [9.17, 15) is 4.79 Å². The quantitative estimate of drug-likeness (QED) is 0.679. The Labute approximate surface area is 189 Å². The molecule has 1 unspecified atom stereocenters. The van der Waals surface area contributed by atoms with Crippen LogP contribution in [-0.4, -0.2) is 58.2 Å². The summed E-state index contributed by atoms with van der Waals surface area (Å²) >= 11 is 0. The molecule has 0 bridgehead atoms. The lowest BCUT2D eigenvalue weighted by atomic mass is 10.1. The van der Waals surface area contributed by atoms with Gasteiger partial charge in [-0.3, -0.25) is 9.79 Å². The van der Waals surface area contributed by atoms with Crippen molar-refractivity contribution in [2.75, 3.05) is 49.8 Å². The van der Waals surface area contributed by atoms with Gasteiger partial charge in [-0.05, 0) is 48.4 Å². The van der Waals surface area contributed by atoms with Crippen LogP contribution in [-0.2, 0) is 16.1 Å². The number of morpholine rings is 1. The Morgan fingerprint density at radius 2 is 2.09 bits per heavy atom. The number of carbonyl (C=O) groups excluding carboxylic acids is 1. The highest BCUT2D eigenvalue weighted by Gasteiger charge is 2.18. The maximum absolute atomic E-state index is 12.4. The Kier molecular flexibility index (Phi) is 7.07. The summed E-state index contributed by atoms with van der Waals surface area (Å²) in [6.45, 7) is 6.69. The number of nitrogens with one attached hydrogen (secondary N) is 1. The number of benzene rings is 2. The number of hydrogen-bond acceptors (Lipinski definition) is 6. The van der Waals surface area contributed by atoms with Crippen molar-refractivity contribution in [3.63, 3.8) is 0 Å². The highest BCUT2D eigenvalue weighted by Crippen LogP contribution is 2.30. The molecule has 0 radical (unpaired) electrons. The Morgan fingerprint density at radius 3 is 2.84 bits per heavy atom. The molecule has 0 aromatic heterocycles. The van der Waals surface area contributed by atoms with E-state index in [2.05, 4.69) is 39.2 Å². The van der Waals surface area contributed by atoms with Crippen LogP contribution in [0.3, 0.4) is 0 Å². The number of rotatable bonds is 7. The summed E-state index contributed by atoms with van der Waals surface area (Å²) < 4.78 is 11.0. The van der Waals surface area contributed by atoms with E-state index >= 15 is 0 Å². The first-order valence-corrected chi connectivity index (χ1v) is 11.0. The third-order valence-corrected chi connectivity index (χ3v) is 5.62. The van der Waals surface area contributed by atoms with Crippen molar-refractivity contribution >= 4 is 29.7 Å². The summed E-state index contributed by atoms with van der Waals surface area (Å²) in [4.78, 5) is 21.1. The highest BCUT2D eigenvalue weighted by molar-refractivity contribution is 5.92. The molecule has 1 N–H and O–H groups in total. The molecule has 0 aliphatic carbocycles. The molecule has 0 spiro atoms. The molecule has 1 saturated heterocycles. The van der Waals surface area contributed by atoms with Crippen molar-refractivity contribution in [3.05, 3.63) is 59.7 Å². The van der Waals surface area contributed by atoms with E-state index in [0.29, 0.717) is 6.54 Å². The first-order chi connectivity index (χ1) is 15.6. The van der Waals surface area contributed by atoms with Crippen LogP contribution in [0.2, 0.25) is 0 Å². The van der Waals surface area contributed by atoms with Crippen LogP contribution < -0.4 is 19.9 Å². The van der Waals surface area contributed by atoms with Crippen molar-refractivity contribution in [1.29, 1.82) is 0 Å². The second-order valence-corrected chi connectivity index (χ2v) is 8.02. The predicted molar refractivity (Wildman–Crippen MR) is 129 cm³/mol. The third-order valence-electron chi connectivity index (χ3n) is 5.62. The van der Waals surface area contributed by atoms with Gasteiger partial charge in [0.25, 0.3) is 0 Å². The fourth-order valence-electron chi connectivity index (χ4n) is 3.87. The molecule has 0 saturated carbocycles. The van der Waals surface area contributed by atoms with Gasteiger partial charge < -0.3 is 24.6 Å². The summed E-state index contributed by atoms with van der Waals surface area (Å²) in [5, 5.41) is 2.96. The van der Waals surface area contributed by atoms with Gasteiger partial charge in [-0.2, -0.15) is 0 Å². The maximum Gasteiger partial charge on any atom is 0.244 e. The molecule has 2 aliphatic rings. The van der Waals surface area contributed by atoms with Crippen molar-refractivity contribution in [3.8, 4) is 5.75 Å². The largest absolute Gasteiger partial charge is 0.495 e. The van der Waals surface area contributed by atoms with E-state index in [-0.39, 0.29) is 11.9 Å². The molecule has 7 heteroatoms. The molecule has 2 heterocycles. The summed E-state index contributed by atoms with van der Waals surface area (Å²) in [5.74, 6) is 0.623. The number of carbonyl (C=O) groups is 1. The number of hydrogen-bond donors (Lipinski definition) is 1. The SMILES string of the molecule is COc1cc(/C=C/C(=O)NCc2cccc(N3CCOCC3)c2)ccc1N1C=NC(C)C1. The summed E-state index contributed by atoms with van der Waals surface area (Å²) in [6.07, 6.45) is 5.20. The number of ether oxygens (including phenoxy) is 2. The molecule has 1 atom stereocenters. The van der Waals surface area contributed by atoms with Crippen LogP contribution in [0.25, 0.3) is 6.08 Å². The second kappa shape index (κ2) is 10.3. The summed E-state index contributed by atoms with van der Waals surface area (Å²) in [7, 11) is 1.65. The second-order valence-electron chi connectivity index (χ2n) is 8.02. The lowest BCUT2D eigenvalue weighted by molar-refractivity contribution is -0.116. The van der Waals surface area contributed by atoms with Gasteiger partial charge in [0.1, 0.15) is 5.75 Å². The van der Waals surface area contributed by atoms with Crippen molar-refractivity contribution in [1.82, 2.24) is 5.32 Å². The van der Waals surface area contributed by atoms with Gasteiger partial charge in [0.05, 0.1) is 38.4 Å². The molecule has 32 heavy (non-hydrogen) atoms. The number of amides is 1. The molecule has 168 valence electrons. The monoisotopic (exact) mass is 434 g/mol. The third kappa shape index (κ3) is 5.48. The molecule has 2 aromatic rings. The van der Waals surface area contributed by atoms with E-state index in [4.69, 9.17) is 9.47 Å². The normalized spacial score (nSPS) is 18.4. The minimum absolute atomic E-state index is 0.134. The van der Waals surface area contributed by atoms with Crippen LogP contribution >= 0.6 is 0 Å². The van der Waals surface area contributed by atoms with Gasteiger partial charge in [-0.1, -0.05) is 18.2 Å². The molecular formula is C25H30N4O3. The van der Waals surface area contributed by atoms with E-state index < -0.39 is 0 Å². The van der Waals surface area contributed by atoms with Crippen molar-refractivity contribution in [2.45, 2.75) is 19.5 Å². The fourth-order valence-corrected chi connectivity index (χ4v) is 3.87. The molecule has 7 nitrogen and oxygen atoms in total. The topological polar surface area (TPSA) is 66.4 Å². The first-order valence-electron chi connectivity index (χ1n) is 11.0. The number of aliphatic imine (C=N–C) groups is 1. The van der Waals surface area contributed by atoms with E-state index in [1.54, 1.807) is 19.3 Å². The zero-order valence-electron chi connectivity index (χ0n) is 18.7. The van der Waals surface area contributed by atoms with Gasteiger partial charge >= 0.3 is 0 Å². The van der Waals surface area contributed by atoms with Crippen LogP contribution in [0.1, 0.15) is 18.1 Å². The smallest absolute Gasteiger partial charge is 0.244 e.